The zero-order chi connectivity index (χ0) is 21.6. The lowest BCUT2D eigenvalue weighted by molar-refractivity contribution is -0.132. The molecule has 4 rings (SSSR count). The highest BCUT2D eigenvalue weighted by atomic mass is 19.1. The molecule has 0 atom stereocenters. The second-order valence-electron chi connectivity index (χ2n) is 7.59. The summed E-state index contributed by atoms with van der Waals surface area (Å²) < 4.78 is 19.5. The van der Waals surface area contributed by atoms with Gasteiger partial charge in [-0.3, -0.25) is 9.59 Å². The normalized spacial score (nSPS) is 14.4. The number of nitrogens with zero attached hydrogens (tertiary/aromatic N) is 2. The summed E-state index contributed by atoms with van der Waals surface area (Å²) in [6.45, 7) is 1.20. The molecule has 6 nitrogen and oxygen atoms in total. The fourth-order valence-electron chi connectivity index (χ4n) is 3.71. The molecule has 0 radical (unpaired) electrons. The molecular weight excluding hydrogens is 397 g/mol. The topological polar surface area (TPSA) is 75.4 Å². The van der Waals surface area contributed by atoms with Crippen LogP contribution in [0.5, 0.6) is 0 Å². The number of benzene rings is 2. The van der Waals surface area contributed by atoms with Crippen LogP contribution in [0.25, 0.3) is 11.3 Å². The SMILES string of the molecule is O=C(NC1CCN(C(=O)CCc2ncc(-c3ccccc3F)o2)CC1)c1ccccc1. The van der Waals surface area contributed by atoms with Gasteiger partial charge in [-0.2, -0.15) is 0 Å². The third-order valence-electron chi connectivity index (χ3n) is 5.46. The number of amides is 2. The van der Waals surface area contributed by atoms with Crippen LogP contribution in [0.1, 0.15) is 35.5 Å². The van der Waals surface area contributed by atoms with Crippen LogP contribution in [0.3, 0.4) is 0 Å². The van der Waals surface area contributed by atoms with Gasteiger partial charge >= 0.3 is 0 Å². The quantitative estimate of drug-likeness (QED) is 0.656. The summed E-state index contributed by atoms with van der Waals surface area (Å²) in [4.78, 5) is 30.8. The summed E-state index contributed by atoms with van der Waals surface area (Å²) in [5, 5.41) is 3.04. The number of hydrogen-bond donors (Lipinski definition) is 1. The maximum Gasteiger partial charge on any atom is 0.251 e. The fraction of sp³-hybridized carbons (Fsp3) is 0.292. The van der Waals surface area contributed by atoms with E-state index in [0.29, 0.717) is 42.3 Å². The monoisotopic (exact) mass is 421 g/mol. The van der Waals surface area contributed by atoms with Gasteiger partial charge in [0.15, 0.2) is 11.7 Å². The van der Waals surface area contributed by atoms with Crippen LogP contribution >= 0.6 is 0 Å². The van der Waals surface area contributed by atoms with E-state index < -0.39 is 0 Å². The fourth-order valence-corrected chi connectivity index (χ4v) is 3.71. The Labute approximate surface area is 180 Å². The van der Waals surface area contributed by atoms with Gasteiger partial charge in [-0.25, -0.2) is 9.37 Å². The van der Waals surface area contributed by atoms with Gasteiger partial charge in [-0.1, -0.05) is 30.3 Å². The van der Waals surface area contributed by atoms with Crippen molar-refractivity contribution in [1.82, 2.24) is 15.2 Å². The van der Waals surface area contributed by atoms with Crippen LogP contribution in [0, 0.1) is 5.82 Å². The smallest absolute Gasteiger partial charge is 0.251 e. The van der Waals surface area contributed by atoms with Gasteiger partial charge in [-0.05, 0) is 37.1 Å². The molecule has 0 aliphatic carbocycles. The molecule has 2 heterocycles. The Hall–Kier alpha value is -3.48. The summed E-state index contributed by atoms with van der Waals surface area (Å²) in [7, 11) is 0. The lowest BCUT2D eigenvalue weighted by Crippen LogP contribution is -2.46. The molecule has 2 amide bonds. The highest BCUT2D eigenvalue weighted by molar-refractivity contribution is 5.94. The van der Waals surface area contributed by atoms with Crippen LogP contribution in [0.15, 0.2) is 65.2 Å². The van der Waals surface area contributed by atoms with Gasteiger partial charge in [-0.15, -0.1) is 0 Å². The summed E-state index contributed by atoms with van der Waals surface area (Å²) in [6.07, 6.45) is 3.57. The number of aryl methyl sites for hydroxylation is 1. The Morgan fingerprint density at radius 3 is 2.52 bits per heavy atom. The van der Waals surface area contributed by atoms with Crippen molar-refractivity contribution in [1.29, 1.82) is 0 Å². The standard InChI is InChI=1S/C24H24FN3O3/c25-20-9-5-4-8-19(20)21-16-26-22(31-21)10-11-23(29)28-14-12-18(13-15-28)27-24(30)17-6-2-1-3-7-17/h1-9,16,18H,10-15H2,(H,27,30). The van der Waals surface area contributed by atoms with E-state index in [1.54, 1.807) is 30.3 Å². The van der Waals surface area contributed by atoms with Crippen LogP contribution < -0.4 is 5.32 Å². The van der Waals surface area contributed by atoms with E-state index >= 15 is 0 Å². The molecule has 1 N–H and O–H groups in total. The average molecular weight is 421 g/mol. The van der Waals surface area contributed by atoms with E-state index in [9.17, 15) is 14.0 Å². The van der Waals surface area contributed by atoms with Crippen molar-refractivity contribution >= 4 is 11.8 Å². The first-order valence-corrected chi connectivity index (χ1v) is 10.4. The van der Waals surface area contributed by atoms with Crippen molar-refractivity contribution in [2.45, 2.75) is 31.7 Å². The van der Waals surface area contributed by atoms with Crippen LogP contribution in [-0.4, -0.2) is 40.8 Å². The van der Waals surface area contributed by atoms with Gasteiger partial charge < -0.3 is 14.6 Å². The summed E-state index contributed by atoms with van der Waals surface area (Å²) in [5.74, 6) is 0.342. The van der Waals surface area contributed by atoms with Crippen molar-refractivity contribution in [3.05, 3.63) is 78.1 Å². The minimum absolute atomic E-state index is 0.0264. The second-order valence-corrected chi connectivity index (χ2v) is 7.59. The Morgan fingerprint density at radius 2 is 1.77 bits per heavy atom. The molecule has 2 aromatic carbocycles. The van der Waals surface area contributed by atoms with Gasteiger partial charge in [0.05, 0.1) is 11.8 Å². The highest BCUT2D eigenvalue weighted by Crippen LogP contribution is 2.24. The highest BCUT2D eigenvalue weighted by Gasteiger charge is 2.24. The molecule has 1 aliphatic heterocycles. The molecule has 0 saturated carbocycles. The number of piperidine rings is 1. The number of nitrogens with one attached hydrogen (secondary N) is 1. The predicted octanol–water partition coefficient (Wildman–Crippen LogP) is 3.83. The molecule has 160 valence electrons. The Balaban J connectivity index is 1.24. The Kier molecular flexibility index (Phi) is 6.40. The summed E-state index contributed by atoms with van der Waals surface area (Å²) >= 11 is 0. The number of hydrogen-bond acceptors (Lipinski definition) is 4. The van der Waals surface area contributed by atoms with E-state index in [1.807, 2.05) is 23.1 Å². The van der Waals surface area contributed by atoms with Crippen LogP contribution in [0.2, 0.25) is 0 Å². The van der Waals surface area contributed by atoms with Crippen molar-refractivity contribution < 1.29 is 18.4 Å². The number of oxazole rings is 1. The molecule has 31 heavy (non-hydrogen) atoms. The van der Waals surface area contributed by atoms with E-state index in [4.69, 9.17) is 4.42 Å². The van der Waals surface area contributed by atoms with E-state index in [1.165, 1.54) is 12.3 Å². The number of rotatable bonds is 6. The first-order chi connectivity index (χ1) is 15.1. The number of halogens is 1. The molecule has 1 aliphatic rings. The second kappa shape index (κ2) is 9.55. The molecule has 0 spiro atoms. The van der Waals surface area contributed by atoms with Gasteiger partial charge in [0, 0.05) is 37.5 Å². The average Bonchev–Trinajstić information content (AvgIpc) is 3.27. The molecule has 3 aromatic rings. The Bertz CT molecular complexity index is 1040. The van der Waals surface area contributed by atoms with Crippen molar-refractivity contribution in [2.24, 2.45) is 0 Å². The van der Waals surface area contributed by atoms with E-state index in [2.05, 4.69) is 10.3 Å². The molecule has 1 fully saturated rings. The summed E-state index contributed by atoms with van der Waals surface area (Å²) in [6, 6.07) is 15.5. The third-order valence-corrected chi connectivity index (χ3v) is 5.46. The van der Waals surface area contributed by atoms with Crippen LogP contribution in [-0.2, 0) is 11.2 Å². The number of likely N-dealkylation sites (tertiary alicyclic amines) is 1. The maximum atomic E-state index is 13.9. The first kappa shape index (κ1) is 20.8. The molecule has 7 heteroatoms. The number of carbonyl (C=O) groups excluding carboxylic acids is 2. The zero-order valence-corrected chi connectivity index (χ0v) is 17.1. The van der Waals surface area contributed by atoms with Crippen LogP contribution in [0.4, 0.5) is 4.39 Å². The Morgan fingerprint density at radius 1 is 1.06 bits per heavy atom. The molecule has 0 bridgehead atoms. The number of carbonyl (C=O) groups is 2. The third kappa shape index (κ3) is 5.17. The summed E-state index contributed by atoms with van der Waals surface area (Å²) in [5.41, 5.74) is 0.994. The van der Waals surface area contributed by atoms with Crippen molar-refractivity contribution in [3.8, 4) is 11.3 Å². The van der Waals surface area contributed by atoms with E-state index in [0.717, 1.165) is 12.8 Å². The van der Waals surface area contributed by atoms with Gasteiger partial charge in [0.1, 0.15) is 5.82 Å². The molecule has 1 aromatic heterocycles. The zero-order valence-electron chi connectivity index (χ0n) is 17.1. The number of aromatic nitrogens is 1. The van der Waals surface area contributed by atoms with Gasteiger partial charge in [0.2, 0.25) is 5.91 Å². The molecule has 0 unspecified atom stereocenters. The van der Waals surface area contributed by atoms with Gasteiger partial charge in [0.25, 0.3) is 5.91 Å². The maximum absolute atomic E-state index is 13.9. The molecular formula is C24H24FN3O3. The minimum atomic E-state index is -0.372. The largest absolute Gasteiger partial charge is 0.441 e. The lowest BCUT2D eigenvalue weighted by atomic mass is 10.0. The predicted molar refractivity (Wildman–Crippen MR) is 114 cm³/mol. The van der Waals surface area contributed by atoms with E-state index in [-0.39, 0.29) is 30.1 Å². The van der Waals surface area contributed by atoms with Crippen molar-refractivity contribution in [2.75, 3.05) is 13.1 Å². The lowest BCUT2D eigenvalue weighted by Gasteiger charge is -2.32. The minimum Gasteiger partial charge on any atom is -0.441 e. The first-order valence-electron chi connectivity index (χ1n) is 10.4. The van der Waals surface area contributed by atoms with Crippen molar-refractivity contribution in [3.63, 3.8) is 0 Å². The molecule has 1 saturated heterocycles.